The third-order valence-electron chi connectivity index (χ3n) is 11.1. The van der Waals surface area contributed by atoms with E-state index >= 15 is 8.78 Å². The van der Waals surface area contributed by atoms with E-state index in [9.17, 15) is 19.2 Å². The molecule has 2 aliphatic heterocycles. The number of carboxylic acid groups (broad SMARTS) is 1. The first kappa shape index (κ1) is 39.3. The van der Waals surface area contributed by atoms with Crippen molar-refractivity contribution in [1.29, 1.82) is 0 Å². The number of ether oxygens (including phenoxy) is 1. The van der Waals surface area contributed by atoms with Gasteiger partial charge in [0.25, 0.3) is 11.8 Å². The van der Waals surface area contributed by atoms with E-state index in [0.717, 1.165) is 85.3 Å². The number of aryl methyl sites for hydroxylation is 2. The summed E-state index contributed by atoms with van der Waals surface area (Å²) in [6.45, 7) is 2.78. The zero-order chi connectivity index (χ0) is 39.3. The molecule has 0 radical (unpaired) electrons. The smallest absolute Gasteiger partial charge is 0.335 e. The van der Waals surface area contributed by atoms with Crippen molar-refractivity contribution in [2.45, 2.75) is 82.8 Å². The van der Waals surface area contributed by atoms with E-state index in [0.29, 0.717) is 48.5 Å². The van der Waals surface area contributed by atoms with Crippen molar-refractivity contribution in [1.82, 2.24) is 9.80 Å². The highest BCUT2D eigenvalue weighted by Crippen LogP contribution is 2.39. The molecule has 2 bridgehead atoms. The third kappa shape index (κ3) is 8.85. The van der Waals surface area contributed by atoms with Gasteiger partial charge in [-0.3, -0.25) is 19.3 Å². The highest BCUT2D eigenvalue weighted by molar-refractivity contribution is 7.17. The minimum Gasteiger partial charge on any atom is -0.478 e. The predicted molar refractivity (Wildman–Crippen MR) is 211 cm³/mol. The summed E-state index contributed by atoms with van der Waals surface area (Å²) in [6.07, 6.45) is 6.81. The molecule has 3 aromatic carbocycles. The van der Waals surface area contributed by atoms with Crippen LogP contribution < -0.4 is 10.6 Å². The third-order valence-corrected chi connectivity index (χ3v) is 12.3. The predicted octanol–water partition coefficient (Wildman–Crippen LogP) is 7.49. The lowest BCUT2D eigenvalue weighted by Gasteiger charge is -2.41. The maximum absolute atomic E-state index is 15.3. The van der Waals surface area contributed by atoms with Crippen LogP contribution in [0.2, 0.25) is 0 Å². The van der Waals surface area contributed by atoms with Gasteiger partial charge in [0.05, 0.1) is 11.1 Å². The van der Waals surface area contributed by atoms with Gasteiger partial charge in [-0.15, -0.1) is 11.3 Å². The topological polar surface area (TPSA) is 128 Å². The molecule has 10 nitrogen and oxygen atoms in total. The first-order valence-electron chi connectivity index (χ1n) is 19.3. The molecule has 2 saturated heterocycles. The van der Waals surface area contributed by atoms with Gasteiger partial charge in [-0.1, -0.05) is 24.3 Å². The summed E-state index contributed by atoms with van der Waals surface area (Å²) < 4.78 is 35.7. The number of carbonyl (C=O) groups is 4. The van der Waals surface area contributed by atoms with Gasteiger partial charge in [0.1, 0.15) is 16.6 Å². The summed E-state index contributed by atoms with van der Waals surface area (Å²) in [6, 6.07) is 16.1. The first-order chi connectivity index (χ1) is 27.1. The number of halogens is 2. The maximum Gasteiger partial charge on any atom is 0.335 e. The minimum atomic E-state index is -1.05. The van der Waals surface area contributed by atoms with Crippen LogP contribution in [0.5, 0.6) is 0 Å². The maximum atomic E-state index is 15.3. The fraction of sp³-hybridized carbons (Fsp3) is 0.395. The number of piperazine rings is 1. The van der Waals surface area contributed by atoms with Crippen molar-refractivity contribution >= 4 is 45.7 Å². The van der Waals surface area contributed by atoms with Crippen molar-refractivity contribution in [2.75, 3.05) is 37.4 Å². The largest absolute Gasteiger partial charge is 0.478 e. The van der Waals surface area contributed by atoms with Gasteiger partial charge < -0.3 is 25.4 Å². The van der Waals surface area contributed by atoms with E-state index in [1.165, 1.54) is 23.5 Å². The number of carboxylic acids is 1. The fourth-order valence-electron chi connectivity index (χ4n) is 8.35. The molecule has 294 valence electrons. The molecule has 1 aromatic heterocycles. The van der Waals surface area contributed by atoms with Gasteiger partial charge in [0.15, 0.2) is 0 Å². The lowest BCUT2D eigenvalue weighted by molar-refractivity contribution is -0.137. The minimum absolute atomic E-state index is 0.0370. The highest BCUT2D eigenvalue weighted by atomic mass is 32.1. The zero-order valence-corrected chi connectivity index (χ0v) is 32.2. The van der Waals surface area contributed by atoms with E-state index in [2.05, 4.69) is 20.4 Å². The average molecular weight is 785 g/mol. The van der Waals surface area contributed by atoms with Crippen LogP contribution in [0.3, 0.4) is 0 Å². The molecule has 0 saturated carbocycles. The Morgan fingerprint density at radius 2 is 1.57 bits per heavy atom. The van der Waals surface area contributed by atoms with Gasteiger partial charge in [0.2, 0.25) is 5.91 Å². The number of hydrogen-bond donors (Lipinski definition) is 3. The second-order valence-electron chi connectivity index (χ2n) is 14.9. The van der Waals surface area contributed by atoms with Crippen LogP contribution in [-0.4, -0.2) is 77.5 Å². The van der Waals surface area contributed by atoms with Crippen LogP contribution in [-0.2, 0) is 41.8 Å². The standard InChI is InChI=1S/C43H46F2N4O6S/c1-55-19-5-10-38(50)49-31-16-17-32(49)25-48(24-31)23-27-6-4-7-29(20-27)40(51)47-42-39(34-8-2-3-9-37(34)56-42)41(52)46-30-21-35(44)33(36(45)22-30)18-13-26-11-14-28(15-12-26)43(53)54/h4,6-7,11-12,14-15,20-22,31-32H,2-3,5,8-10,13,16-19,23-25H2,1H3,(H,46,52)(H,47,51)(H,53,54). The molecule has 0 spiro atoms. The summed E-state index contributed by atoms with van der Waals surface area (Å²) in [5.41, 5.74) is 3.28. The number of methoxy groups -OCH3 is 1. The van der Waals surface area contributed by atoms with E-state index in [1.54, 1.807) is 25.3 Å². The summed E-state index contributed by atoms with van der Waals surface area (Å²) in [5.74, 6) is -3.37. The normalized spacial score (nSPS) is 17.7. The van der Waals surface area contributed by atoms with E-state index in [-0.39, 0.29) is 47.1 Å². The number of carbonyl (C=O) groups excluding carboxylic acids is 3. The Morgan fingerprint density at radius 1 is 0.857 bits per heavy atom. The monoisotopic (exact) mass is 784 g/mol. The molecule has 2 unspecified atom stereocenters. The lowest BCUT2D eigenvalue weighted by atomic mass is 9.95. The Morgan fingerprint density at radius 3 is 2.27 bits per heavy atom. The molecule has 1 aliphatic carbocycles. The zero-order valence-electron chi connectivity index (χ0n) is 31.4. The number of nitrogens with zero attached hydrogens (tertiary/aromatic N) is 2. The Balaban J connectivity index is 1.01. The molecule has 2 fully saturated rings. The molecule has 13 heteroatoms. The van der Waals surface area contributed by atoms with E-state index < -0.39 is 23.5 Å². The second kappa shape index (κ2) is 17.4. The SMILES string of the molecule is COCCCC(=O)N1C2CCC1CN(Cc1cccc(C(=O)Nc3sc4c(c3C(=O)Nc3cc(F)c(CCc5ccc(C(=O)O)cc5)c(F)c3)CCCC4)c1)C2. The summed E-state index contributed by atoms with van der Waals surface area (Å²) in [5, 5.41) is 15.2. The number of rotatable bonds is 14. The Bertz CT molecular complexity index is 2080. The molecule has 3 amide bonds. The average Bonchev–Trinajstić information content (AvgIpc) is 3.68. The molecule has 7 rings (SSSR count). The lowest BCUT2D eigenvalue weighted by Crippen LogP contribution is -2.55. The Kier molecular flexibility index (Phi) is 12.2. The number of benzene rings is 3. The van der Waals surface area contributed by atoms with Crippen molar-refractivity contribution < 1.29 is 37.8 Å². The molecule has 3 aliphatic rings. The molecule has 4 aromatic rings. The highest BCUT2D eigenvalue weighted by Gasteiger charge is 2.42. The van der Waals surface area contributed by atoms with Crippen LogP contribution in [0.1, 0.15) is 96.7 Å². The number of fused-ring (bicyclic) bond motifs is 3. The molecule has 2 atom stereocenters. The first-order valence-corrected chi connectivity index (χ1v) is 20.1. The van der Waals surface area contributed by atoms with Crippen LogP contribution in [0.4, 0.5) is 19.5 Å². The second-order valence-corrected chi connectivity index (χ2v) is 16.0. The van der Waals surface area contributed by atoms with E-state index in [4.69, 9.17) is 9.84 Å². The summed E-state index contributed by atoms with van der Waals surface area (Å²) in [4.78, 5) is 57.2. The number of nitrogens with one attached hydrogen (secondary N) is 2. The van der Waals surface area contributed by atoms with Gasteiger partial charge in [0, 0.05) is 73.5 Å². The molecule has 56 heavy (non-hydrogen) atoms. The summed E-state index contributed by atoms with van der Waals surface area (Å²) >= 11 is 1.37. The fourth-order valence-corrected chi connectivity index (χ4v) is 9.63. The van der Waals surface area contributed by atoms with Gasteiger partial charge in [-0.2, -0.15) is 0 Å². The van der Waals surface area contributed by atoms with Gasteiger partial charge in [-0.05, 0) is 111 Å². The van der Waals surface area contributed by atoms with Crippen LogP contribution in [0, 0.1) is 11.6 Å². The van der Waals surface area contributed by atoms with Gasteiger partial charge in [-0.25, -0.2) is 13.6 Å². The number of aromatic carboxylic acids is 1. The number of amides is 3. The van der Waals surface area contributed by atoms with Crippen molar-refractivity contribution in [3.8, 4) is 0 Å². The summed E-state index contributed by atoms with van der Waals surface area (Å²) in [7, 11) is 1.64. The van der Waals surface area contributed by atoms with Crippen molar-refractivity contribution in [3.05, 3.63) is 116 Å². The molecule has 3 heterocycles. The number of thiophene rings is 1. The van der Waals surface area contributed by atoms with Crippen LogP contribution >= 0.6 is 11.3 Å². The molecular formula is C43H46F2N4O6S. The number of hydrogen-bond acceptors (Lipinski definition) is 7. The van der Waals surface area contributed by atoms with E-state index in [1.807, 2.05) is 18.2 Å². The number of anilines is 2. The molecular weight excluding hydrogens is 739 g/mol. The van der Waals surface area contributed by atoms with Crippen molar-refractivity contribution in [3.63, 3.8) is 0 Å². The Hall–Kier alpha value is -4.98. The molecule has 3 N–H and O–H groups in total. The number of likely N-dealkylation sites (tertiary alicyclic amines) is 1. The quantitative estimate of drug-likeness (QED) is 0.113. The Labute approximate surface area is 328 Å². The van der Waals surface area contributed by atoms with Crippen LogP contribution in [0.25, 0.3) is 0 Å². The van der Waals surface area contributed by atoms with Crippen LogP contribution in [0.15, 0.2) is 60.7 Å². The van der Waals surface area contributed by atoms with Crippen molar-refractivity contribution in [2.24, 2.45) is 0 Å². The van der Waals surface area contributed by atoms with Gasteiger partial charge >= 0.3 is 5.97 Å².